The smallest absolute Gasteiger partial charge is 0.416 e. The van der Waals surface area contributed by atoms with Crippen LogP contribution in [0, 0.1) is 13.8 Å². The summed E-state index contributed by atoms with van der Waals surface area (Å²) in [6.45, 7) is 12.4. The molecule has 3 N–H and O–H groups in total. The summed E-state index contributed by atoms with van der Waals surface area (Å²) in [7, 11) is 1.62. The Morgan fingerprint density at radius 3 is 2.04 bits per heavy atom. The van der Waals surface area contributed by atoms with Gasteiger partial charge in [-0.2, -0.15) is 13.2 Å². The molecule has 1 aromatic carbocycles. The zero-order chi connectivity index (χ0) is 35.1. The molecule has 2 aliphatic rings. The van der Waals surface area contributed by atoms with E-state index in [1.807, 2.05) is 18.7 Å². The Morgan fingerprint density at radius 2 is 1.60 bits per heavy atom. The molecule has 0 aliphatic carbocycles. The Balaban J connectivity index is 0.000000584. The number of alkyl halides is 3. The number of aromatic nitrogens is 2. The van der Waals surface area contributed by atoms with Gasteiger partial charge in [0.05, 0.1) is 41.6 Å². The first kappa shape index (κ1) is 37.8. The number of aryl methyl sites for hydroxylation is 2. The van der Waals surface area contributed by atoms with Crippen molar-refractivity contribution in [1.82, 2.24) is 24.7 Å². The topological polar surface area (TPSA) is 157 Å². The number of carbonyl (C=O) groups is 3. The van der Waals surface area contributed by atoms with Crippen LogP contribution in [-0.4, -0.2) is 122 Å². The number of nitrogens with zero attached hydrogens (tertiary/aromatic N) is 5. The van der Waals surface area contributed by atoms with Crippen molar-refractivity contribution in [2.45, 2.75) is 76.9 Å². The van der Waals surface area contributed by atoms with E-state index >= 15 is 0 Å². The van der Waals surface area contributed by atoms with Gasteiger partial charge in [0, 0.05) is 51.4 Å². The lowest BCUT2D eigenvalue weighted by Gasteiger charge is -2.52. The number of carbonyl (C=O) groups excluding carboxylic acids is 1. The number of halogens is 3. The van der Waals surface area contributed by atoms with Gasteiger partial charge in [-0.1, -0.05) is 12.1 Å². The summed E-state index contributed by atoms with van der Waals surface area (Å²) in [5, 5.41) is 24.1. The highest BCUT2D eigenvalue weighted by molar-refractivity contribution is 5.96. The van der Waals surface area contributed by atoms with Crippen molar-refractivity contribution in [3.63, 3.8) is 0 Å². The number of hydrogen-bond acceptors (Lipinski definition) is 9. The number of ether oxygens (including phenoxy) is 1. The number of methoxy groups -OCH3 is 1. The van der Waals surface area contributed by atoms with Crippen molar-refractivity contribution in [2.24, 2.45) is 0 Å². The van der Waals surface area contributed by atoms with E-state index in [1.54, 1.807) is 19.2 Å². The van der Waals surface area contributed by atoms with Crippen LogP contribution in [-0.2, 0) is 20.5 Å². The van der Waals surface area contributed by atoms with Crippen molar-refractivity contribution in [3.8, 4) is 0 Å². The van der Waals surface area contributed by atoms with Crippen LogP contribution in [0.25, 0.3) is 0 Å². The summed E-state index contributed by atoms with van der Waals surface area (Å²) in [6, 6.07) is 5.52. The van der Waals surface area contributed by atoms with Gasteiger partial charge in [-0.05, 0) is 58.2 Å². The molecule has 1 amide bonds. The van der Waals surface area contributed by atoms with Gasteiger partial charge in [0.15, 0.2) is 6.10 Å². The van der Waals surface area contributed by atoms with Crippen LogP contribution in [0.1, 0.15) is 72.0 Å². The monoisotopic (exact) mass is 667 g/mol. The summed E-state index contributed by atoms with van der Waals surface area (Å²) in [5.41, 5.74) is 2.18. The lowest BCUT2D eigenvalue weighted by molar-refractivity contribution is -0.152. The van der Waals surface area contributed by atoms with Gasteiger partial charge >= 0.3 is 18.1 Å². The summed E-state index contributed by atoms with van der Waals surface area (Å²) in [4.78, 5) is 47.8. The Kier molecular flexibility index (Phi) is 12.8. The van der Waals surface area contributed by atoms with Gasteiger partial charge in [0.2, 0.25) is 0 Å². The van der Waals surface area contributed by atoms with Crippen molar-refractivity contribution in [3.05, 3.63) is 58.7 Å². The molecule has 2 aromatic rings. The lowest BCUT2D eigenvalue weighted by Crippen LogP contribution is -2.62. The summed E-state index contributed by atoms with van der Waals surface area (Å²) in [5.74, 6) is -2.85. The molecule has 0 radical (unpaired) electrons. The van der Waals surface area contributed by atoms with E-state index in [2.05, 4.69) is 33.6 Å². The fourth-order valence-electron chi connectivity index (χ4n) is 6.18. The number of aliphatic carboxylic acids is 2. The highest BCUT2D eigenvalue weighted by Crippen LogP contribution is 2.35. The maximum Gasteiger partial charge on any atom is 0.416 e. The van der Waals surface area contributed by atoms with Gasteiger partial charge < -0.3 is 25.0 Å². The molecule has 2 aliphatic heterocycles. The molecule has 1 aromatic heterocycles. The number of likely N-dealkylation sites (tertiary alicyclic amines) is 1. The quantitative estimate of drug-likeness (QED) is 0.360. The maximum absolute atomic E-state index is 13.2. The average molecular weight is 668 g/mol. The third-order valence-electron chi connectivity index (χ3n) is 9.01. The fourth-order valence-corrected chi connectivity index (χ4v) is 6.18. The highest BCUT2D eigenvalue weighted by atomic mass is 19.4. The standard InChI is InChI=1S/C28H38F3N5O2.C4H6O5/c1-19-16-35(14-15-36(19)24(17-38-5)22-6-8-23(9-7-22)28(29,30)31)27(4)10-12-34(13-11-27)26(37)25-20(2)32-18-33-21(25)3;5-2(4(8)9)1-3(6)7/h6-9,18-19,24H,10-17H2,1-5H3;2,5H,1H2,(H,6,7)(H,8,9)/t19-,24-;/m0./s1. The third kappa shape index (κ3) is 9.69. The Labute approximate surface area is 272 Å². The number of benzene rings is 1. The van der Waals surface area contributed by atoms with Crippen LogP contribution in [0.3, 0.4) is 0 Å². The van der Waals surface area contributed by atoms with Gasteiger partial charge in [-0.3, -0.25) is 19.4 Å². The largest absolute Gasteiger partial charge is 0.481 e. The zero-order valence-corrected chi connectivity index (χ0v) is 27.3. The third-order valence-corrected chi connectivity index (χ3v) is 9.01. The normalized spacial score (nSPS) is 20.1. The first-order valence-corrected chi connectivity index (χ1v) is 15.4. The van der Waals surface area contributed by atoms with Gasteiger partial charge in [-0.25, -0.2) is 14.8 Å². The number of piperazine rings is 1. The predicted molar refractivity (Wildman–Crippen MR) is 165 cm³/mol. The number of rotatable bonds is 9. The molecule has 1 unspecified atom stereocenters. The van der Waals surface area contributed by atoms with Crippen LogP contribution in [0.2, 0.25) is 0 Å². The first-order chi connectivity index (χ1) is 22.0. The fraction of sp³-hybridized carbons (Fsp3) is 0.594. The minimum atomic E-state index is -4.35. The second kappa shape index (κ2) is 16.0. The van der Waals surface area contributed by atoms with E-state index in [-0.39, 0.29) is 23.5 Å². The van der Waals surface area contributed by atoms with Crippen LogP contribution >= 0.6 is 0 Å². The summed E-state index contributed by atoms with van der Waals surface area (Å²) in [6.07, 6.45) is -3.66. The number of hydrogen-bond donors (Lipinski definition) is 3. The molecule has 0 saturated carbocycles. The molecule has 2 fully saturated rings. The molecule has 15 heteroatoms. The molecule has 0 bridgehead atoms. The van der Waals surface area contributed by atoms with E-state index in [0.717, 1.165) is 50.2 Å². The van der Waals surface area contributed by atoms with E-state index in [4.69, 9.17) is 20.1 Å². The number of carboxylic acids is 2. The minimum absolute atomic E-state index is 0.000198. The van der Waals surface area contributed by atoms with E-state index in [0.29, 0.717) is 36.6 Å². The molecule has 47 heavy (non-hydrogen) atoms. The van der Waals surface area contributed by atoms with Gasteiger partial charge in [-0.15, -0.1) is 0 Å². The zero-order valence-electron chi connectivity index (χ0n) is 27.3. The number of amides is 1. The first-order valence-electron chi connectivity index (χ1n) is 15.4. The summed E-state index contributed by atoms with van der Waals surface area (Å²) >= 11 is 0. The molecular weight excluding hydrogens is 623 g/mol. The maximum atomic E-state index is 13.2. The molecule has 12 nitrogen and oxygen atoms in total. The summed E-state index contributed by atoms with van der Waals surface area (Å²) < 4.78 is 44.7. The van der Waals surface area contributed by atoms with Gasteiger partial charge in [0.25, 0.3) is 5.91 Å². The molecule has 2 saturated heterocycles. The second-order valence-electron chi connectivity index (χ2n) is 12.3. The molecule has 3 heterocycles. The number of piperidine rings is 1. The highest BCUT2D eigenvalue weighted by Gasteiger charge is 2.41. The molecule has 3 atom stereocenters. The molecular formula is C32H44F3N5O7. The van der Waals surface area contributed by atoms with Crippen molar-refractivity contribution in [1.29, 1.82) is 0 Å². The van der Waals surface area contributed by atoms with E-state index in [1.165, 1.54) is 6.33 Å². The van der Waals surface area contributed by atoms with Crippen molar-refractivity contribution >= 4 is 17.8 Å². The predicted octanol–water partition coefficient (Wildman–Crippen LogP) is 3.41. The minimum Gasteiger partial charge on any atom is -0.481 e. The van der Waals surface area contributed by atoms with Crippen LogP contribution in [0.5, 0.6) is 0 Å². The molecule has 0 spiro atoms. The Morgan fingerprint density at radius 1 is 1.02 bits per heavy atom. The average Bonchev–Trinajstić information content (AvgIpc) is 3.00. The molecule has 260 valence electrons. The lowest BCUT2D eigenvalue weighted by atomic mass is 9.86. The van der Waals surface area contributed by atoms with Crippen molar-refractivity contribution < 1.29 is 47.6 Å². The Hall–Kier alpha value is -3.66. The van der Waals surface area contributed by atoms with Gasteiger partial charge in [0.1, 0.15) is 6.33 Å². The van der Waals surface area contributed by atoms with E-state index < -0.39 is 36.2 Å². The number of aliphatic hydroxyl groups excluding tert-OH is 1. The number of aliphatic hydroxyl groups is 1. The molecule has 4 rings (SSSR count). The Bertz CT molecular complexity index is 1360. The SMILES string of the molecule is COC[C@@H](c1ccc(C(F)(F)F)cc1)N1CCN(C2(C)CCN(C(=O)c3c(C)ncnc3C)CC2)C[C@@H]1C.O=C(O)CC(O)C(=O)O. The number of carboxylic acid groups (broad SMARTS) is 2. The van der Waals surface area contributed by atoms with Crippen molar-refractivity contribution in [2.75, 3.05) is 46.4 Å². The van der Waals surface area contributed by atoms with E-state index in [9.17, 15) is 27.6 Å². The van der Waals surface area contributed by atoms with Crippen LogP contribution < -0.4 is 0 Å². The second-order valence-corrected chi connectivity index (χ2v) is 12.3. The van der Waals surface area contributed by atoms with Crippen LogP contribution in [0.15, 0.2) is 30.6 Å². The van der Waals surface area contributed by atoms with Crippen LogP contribution in [0.4, 0.5) is 13.2 Å².